The first kappa shape index (κ1) is 19.2. The third-order valence-corrected chi connectivity index (χ3v) is 6.28. The maximum Gasteiger partial charge on any atom is 0.227 e. The van der Waals surface area contributed by atoms with Crippen molar-refractivity contribution in [1.29, 1.82) is 0 Å². The number of hydrogen-bond acceptors (Lipinski definition) is 7. The molecular weight excluding hydrogens is 402 g/mol. The number of anilines is 2. The van der Waals surface area contributed by atoms with Crippen molar-refractivity contribution in [3.05, 3.63) is 60.4 Å². The summed E-state index contributed by atoms with van der Waals surface area (Å²) in [6, 6.07) is 14.9. The molecule has 4 aromatic rings. The third kappa shape index (κ3) is 3.46. The van der Waals surface area contributed by atoms with Gasteiger partial charge >= 0.3 is 0 Å². The summed E-state index contributed by atoms with van der Waals surface area (Å²) in [4.78, 5) is 21.2. The Kier molecular flexibility index (Phi) is 4.72. The number of fused-ring (bicyclic) bond motifs is 1. The summed E-state index contributed by atoms with van der Waals surface area (Å²) < 4.78 is 7.61. The minimum absolute atomic E-state index is 0.347. The minimum atomic E-state index is 0.347. The highest BCUT2D eigenvalue weighted by Gasteiger charge is 2.39. The van der Waals surface area contributed by atoms with E-state index in [2.05, 4.69) is 45.5 Å². The lowest BCUT2D eigenvalue weighted by atomic mass is 10.1. The Morgan fingerprint density at radius 2 is 1.75 bits per heavy atom. The molecule has 6 rings (SSSR count). The Balaban J connectivity index is 1.39. The molecule has 1 aliphatic heterocycles. The topological polar surface area (TPSA) is 81.0 Å². The maximum atomic E-state index is 5.57. The highest BCUT2D eigenvalue weighted by atomic mass is 16.5. The second kappa shape index (κ2) is 7.87. The molecule has 2 fully saturated rings. The molecule has 8 heteroatoms. The quantitative estimate of drug-likeness (QED) is 0.524. The van der Waals surface area contributed by atoms with Crippen LogP contribution in [0.4, 0.5) is 11.8 Å². The standard InChI is InChI=1S/C24H25N7O/c1-30-21(17-7-9-25-10-8-17)27-20-22(30)28-24(29-23(20)31-11-13-32-14-12-31)26-19-15-18(19)16-5-3-2-4-6-16/h2-10,18-19H,11-15H2,1H3,(H,26,28,29). The zero-order valence-electron chi connectivity index (χ0n) is 18.0. The fourth-order valence-corrected chi connectivity index (χ4v) is 4.45. The van der Waals surface area contributed by atoms with E-state index in [1.807, 2.05) is 23.7 Å². The Bertz CT molecular complexity index is 1240. The van der Waals surface area contributed by atoms with Gasteiger partial charge in [0.2, 0.25) is 5.95 Å². The average molecular weight is 428 g/mol. The first-order chi connectivity index (χ1) is 15.8. The molecule has 2 aliphatic rings. The molecule has 162 valence electrons. The van der Waals surface area contributed by atoms with Crippen molar-refractivity contribution < 1.29 is 4.74 Å². The van der Waals surface area contributed by atoms with E-state index in [4.69, 9.17) is 19.7 Å². The van der Waals surface area contributed by atoms with Crippen LogP contribution in [0.5, 0.6) is 0 Å². The molecule has 4 heterocycles. The highest BCUT2D eigenvalue weighted by Crippen LogP contribution is 2.42. The normalized spacial score (nSPS) is 20.5. The van der Waals surface area contributed by atoms with Crippen LogP contribution in [0.25, 0.3) is 22.6 Å². The highest BCUT2D eigenvalue weighted by molar-refractivity contribution is 5.88. The van der Waals surface area contributed by atoms with Gasteiger partial charge in [0.25, 0.3) is 0 Å². The molecule has 1 aromatic carbocycles. The molecule has 1 aliphatic carbocycles. The molecular formula is C24H25N7O. The second-order valence-corrected chi connectivity index (χ2v) is 8.38. The fraction of sp³-hybridized carbons (Fsp3) is 0.333. The molecule has 0 bridgehead atoms. The zero-order chi connectivity index (χ0) is 21.5. The van der Waals surface area contributed by atoms with E-state index < -0.39 is 0 Å². The molecule has 32 heavy (non-hydrogen) atoms. The predicted octanol–water partition coefficient (Wildman–Crippen LogP) is 3.23. The van der Waals surface area contributed by atoms with E-state index >= 15 is 0 Å². The van der Waals surface area contributed by atoms with Crippen molar-refractivity contribution in [3.8, 4) is 11.4 Å². The number of aryl methyl sites for hydroxylation is 1. The molecule has 2 unspecified atom stereocenters. The van der Waals surface area contributed by atoms with Gasteiger partial charge in [-0.1, -0.05) is 30.3 Å². The van der Waals surface area contributed by atoms with E-state index in [1.165, 1.54) is 5.56 Å². The van der Waals surface area contributed by atoms with Gasteiger partial charge in [-0.05, 0) is 24.1 Å². The van der Waals surface area contributed by atoms with Crippen molar-refractivity contribution in [2.75, 3.05) is 36.5 Å². The molecule has 2 atom stereocenters. The van der Waals surface area contributed by atoms with Crippen molar-refractivity contribution >= 4 is 22.9 Å². The van der Waals surface area contributed by atoms with Crippen molar-refractivity contribution in [2.45, 2.75) is 18.4 Å². The van der Waals surface area contributed by atoms with Crippen LogP contribution in [0.1, 0.15) is 17.9 Å². The Hall–Kier alpha value is -3.52. The number of hydrogen-bond donors (Lipinski definition) is 1. The Morgan fingerprint density at radius 3 is 2.53 bits per heavy atom. The number of aromatic nitrogens is 5. The number of benzene rings is 1. The zero-order valence-corrected chi connectivity index (χ0v) is 18.0. The van der Waals surface area contributed by atoms with Crippen molar-refractivity contribution in [3.63, 3.8) is 0 Å². The van der Waals surface area contributed by atoms with Crippen LogP contribution in [-0.2, 0) is 11.8 Å². The lowest BCUT2D eigenvalue weighted by Crippen LogP contribution is -2.37. The van der Waals surface area contributed by atoms with Crippen LogP contribution in [0.15, 0.2) is 54.9 Å². The van der Waals surface area contributed by atoms with Gasteiger partial charge in [-0.15, -0.1) is 0 Å². The monoisotopic (exact) mass is 427 g/mol. The summed E-state index contributed by atoms with van der Waals surface area (Å²) in [6.07, 6.45) is 4.66. The van der Waals surface area contributed by atoms with Gasteiger partial charge in [0.1, 0.15) is 5.82 Å². The van der Waals surface area contributed by atoms with Crippen LogP contribution in [0, 0.1) is 0 Å². The first-order valence-electron chi connectivity index (χ1n) is 11.1. The summed E-state index contributed by atoms with van der Waals surface area (Å²) in [5.74, 6) is 2.89. The summed E-state index contributed by atoms with van der Waals surface area (Å²) in [6.45, 7) is 2.97. The molecule has 0 radical (unpaired) electrons. The molecule has 1 saturated carbocycles. The van der Waals surface area contributed by atoms with E-state index in [9.17, 15) is 0 Å². The third-order valence-electron chi connectivity index (χ3n) is 6.28. The van der Waals surface area contributed by atoms with Gasteiger partial charge < -0.3 is 19.5 Å². The number of morpholine rings is 1. The molecule has 1 N–H and O–H groups in total. The van der Waals surface area contributed by atoms with Gasteiger partial charge in [-0.3, -0.25) is 4.98 Å². The molecule has 3 aromatic heterocycles. The molecule has 0 amide bonds. The summed E-state index contributed by atoms with van der Waals surface area (Å²) >= 11 is 0. The SMILES string of the molecule is Cn1c(-c2ccncc2)nc2c(N3CCOCC3)nc(NC3CC3c3ccccc3)nc21. The number of imidazole rings is 1. The number of pyridine rings is 1. The molecule has 1 saturated heterocycles. The van der Waals surface area contributed by atoms with E-state index in [1.54, 1.807) is 12.4 Å². The van der Waals surface area contributed by atoms with Crippen LogP contribution in [-0.4, -0.2) is 56.8 Å². The number of nitrogens with one attached hydrogen (secondary N) is 1. The van der Waals surface area contributed by atoms with Crippen LogP contribution in [0.2, 0.25) is 0 Å². The maximum absolute atomic E-state index is 5.57. The smallest absolute Gasteiger partial charge is 0.227 e. The van der Waals surface area contributed by atoms with Crippen LogP contribution in [0.3, 0.4) is 0 Å². The van der Waals surface area contributed by atoms with E-state index in [-0.39, 0.29) is 0 Å². The van der Waals surface area contributed by atoms with Gasteiger partial charge in [0.05, 0.1) is 13.2 Å². The fourth-order valence-electron chi connectivity index (χ4n) is 4.45. The summed E-state index contributed by atoms with van der Waals surface area (Å²) in [5, 5.41) is 3.58. The van der Waals surface area contributed by atoms with Crippen molar-refractivity contribution in [2.24, 2.45) is 7.05 Å². The minimum Gasteiger partial charge on any atom is -0.378 e. The summed E-state index contributed by atoms with van der Waals surface area (Å²) in [7, 11) is 2.01. The largest absolute Gasteiger partial charge is 0.378 e. The van der Waals surface area contributed by atoms with E-state index in [0.29, 0.717) is 31.1 Å². The van der Waals surface area contributed by atoms with Crippen LogP contribution < -0.4 is 10.2 Å². The van der Waals surface area contributed by atoms with Gasteiger partial charge in [-0.2, -0.15) is 9.97 Å². The van der Waals surface area contributed by atoms with Gasteiger partial charge in [0, 0.05) is 50.1 Å². The predicted molar refractivity (Wildman–Crippen MR) is 124 cm³/mol. The van der Waals surface area contributed by atoms with Gasteiger partial charge in [0.15, 0.2) is 17.0 Å². The van der Waals surface area contributed by atoms with Crippen molar-refractivity contribution in [1.82, 2.24) is 24.5 Å². The lowest BCUT2D eigenvalue weighted by molar-refractivity contribution is 0.122. The van der Waals surface area contributed by atoms with E-state index in [0.717, 1.165) is 47.9 Å². The second-order valence-electron chi connectivity index (χ2n) is 8.38. The molecule has 0 spiro atoms. The lowest BCUT2D eigenvalue weighted by Gasteiger charge is -2.28. The number of nitrogens with zero attached hydrogens (tertiary/aromatic N) is 6. The Labute approximate surface area is 186 Å². The van der Waals surface area contributed by atoms with Crippen LogP contribution >= 0.6 is 0 Å². The Morgan fingerprint density at radius 1 is 0.969 bits per heavy atom. The number of rotatable bonds is 5. The number of ether oxygens (including phenoxy) is 1. The molecule has 8 nitrogen and oxygen atoms in total. The summed E-state index contributed by atoms with van der Waals surface area (Å²) in [5.41, 5.74) is 4.02. The average Bonchev–Trinajstić information content (AvgIpc) is 3.55. The first-order valence-corrected chi connectivity index (χ1v) is 11.1. The van der Waals surface area contributed by atoms with Gasteiger partial charge in [-0.25, -0.2) is 4.98 Å².